The highest BCUT2D eigenvalue weighted by Crippen LogP contribution is 2.44. The molecule has 1 aliphatic heterocycles. The molecular formula is C23H20O10. The normalized spacial score (nSPS) is 17.1. The number of phenols is 6. The van der Waals surface area contributed by atoms with E-state index in [0.29, 0.717) is 11.1 Å². The first kappa shape index (κ1) is 21.9. The molecule has 0 bridgehead atoms. The van der Waals surface area contributed by atoms with Gasteiger partial charge in [-0.25, -0.2) is 4.79 Å². The van der Waals surface area contributed by atoms with Gasteiger partial charge in [0.1, 0.15) is 23.4 Å². The smallest absolute Gasteiger partial charge is 0.343 e. The van der Waals surface area contributed by atoms with Gasteiger partial charge >= 0.3 is 5.97 Å². The van der Waals surface area contributed by atoms with Gasteiger partial charge in [0.15, 0.2) is 34.9 Å². The van der Waals surface area contributed by atoms with E-state index >= 15 is 0 Å². The Bertz CT molecular complexity index is 1210. The maximum atomic E-state index is 12.6. The summed E-state index contributed by atoms with van der Waals surface area (Å²) in [7, 11) is 1.46. The minimum atomic E-state index is -0.965. The second kappa shape index (κ2) is 8.32. The van der Waals surface area contributed by atoms with E-state index in [1.807, 2.05) is 0 Å². The van der Waals surface area contributed by atoms with E-state index in [0.717, 1.165) is 12.1 Å². The Morgan fingerprint density at radius 3 is 2.24 bits per heavy atom. The zero-order valence-corrected chi connectivity index (χ0v) is 17.2. The number of phenolic OH excluding ortho intramolecular Hbond substituents is 6. The van der Waals surface area contributed by atoms with Gasteiger partial charge in [-0.3, -0.25) is 0 Å². The molecule has 10 heteroatoms. The van der Waals surface area contributed by atoms with Crippen LogP contribution in [-0.2, 0) is 11.2 Å². The Hall–Kier alpha value is -4.31. The summed E-state index contributed by atoms with van der Waals surface area (Å²) < 4.78 is 16.9. The molecule has 1 heterocycles. The summed E-state index contributed by atoms with van der Waals surface area (Å²) in [5, 5.41) is 58.3. The second-order valence-electron chi connectivity index (χ2n) is 7.44. The third-order valence-corrected chi connectivity index (χ3v) is 5.29. The van der Waals surface area contributed by atoms with E-state index in [1.165, 1.54) is 31.4 Å². The molecule has 0 amide bonds. The lowest BCUT2D eigenvalue weighted by Crippen LogP contribution is -2.32. The Kier molecular flexibility index (Phi) is 5.52. The van der Waals surface area contributed by atoms with Crippen molar-refractivity contribution in [2.45, 2.75) is 18.6 Å². The minimum Gasteiger partial charge on any atom is -0.508 e. The average molecular weight is 456 g/mol. The molecule has 6 N–H and O–H groups in total. The molecule has 0 radical (unpaired) electrons. The lowest BCUT2D eigenvalue weighted by atomic mass is 9.93. The molecule has 3 aromatic carbocycles. The molecule has 33 heavy (non-hydrogen) atoms. The zero-order valence-electron chi connectivity index (χ0n) is 17.2. The lowest BCUT2D eigenvalue weighted by Gasteiger charge is -2.34. The summed E-state index contributed by atoms with van der Waals surface area (Å²) in [5.74, 6) is -3.85. The summed E-state index contributed by atoms with van der Waals surface area (Å²) in [6.07, 6.45) is -1.08. The zero-order chi connectivity index (χ0) is 23.9. The average Bonchev–Trinajstić information content (AvgIpc) is 2.78. The SMILES string of the molecule is COC1Cc2c(OC(=O)c3cc(O)c(O)c(O)c3)cc(O)cc2OC1c1ccc(O)c(O)c1. The number of aromatic hydroxyl groups is 6. The van der Waals surface area contributed by atoms with Crippen LogP contribution in [0.15, 0.2) is 42.5 Å². The Morgan fingerprint density at radius 2 is 1.61 bits per heavy atom. The molecule has 0 spiro atoms. The van der Waals surface area contributed by atoms with Crippen LogP contribution in [0.5, 0.6) is 46.0 Å². The van der Waals surface area contributed by atoms with Crippen LogP contribution in [-0.4, -0.2) is 49.8 Å². The van der Waals surface area contributed by atoms with Gasteiger partial charge in [0, 0.05) is 31.2 Å². The fraction of sp³-hybridized carbons (Fsp3) is 0.174. The van der Waals surface area contributed by atoms with Crippen LogP contribution in [0.4, 0.5) is 0 Å². The van der Waals surface area contributed by atoms with Crippen LogP contribution in [0.1, 0.15) is 27.6 Å². The van der Waals surface area contributed by atoms with Crippen LogP contribution in [0.2, 0.25) is 0 Å². The predicted octanol–water partition coefficient (Wildman–Crippen LogP) is 2.83. The molecule has 10 nitrogen and oxygen atoms in total. The Labute approximate surface area is 187 Å². The van der Waals surface area contributed by atoms with E-state index in [-0.39, 0.29) is 40.7 Å². The minimum absolute atomic E-state index is 0.0314. The molecule has 2 atom stereocenters. The predicted molar refractivity (Wildman–Crippen MR) is 112 cm³/mol. The van der Waals surface area contributed by atoms with Crippen LogP contribution in [0.25, 0.3) is 0 Å². The topological polar surface area (TPSA) is 166 Å². The fourth-order valence-electron chi connectivity index (χ4n) is 3.61. The van der Waals surface area contributed by atoms with Gasteiger partial charge in [-0.05, 0) is 29.8 Å². The molecule has 0 fully saturated rings. The Balaban J connectivity index is 1.68. The molecule has 2 unspecified atom stereocenters. The quantitative estimate of drug-likeness (QED) is 0.195. The van der Waals surface area contributed by atoms with Crippen molar-refractivity contribution < 1.29 is 49.6 Å². The van der Waals surface area contributed by atoms with E-state index in [9.17, 15) is 35.4 Å². The molecule has 0 aromatic heterocycles. The number of ether oxygens (including phenoxy) is 3. The molecule has 4 rings (SSSR count). The van der Waals surface area contributed by atoms with Gasteiger partial charge < -0.3 is 44.8 Å². The van der Waals surface area contributed by atoms with Gasteiger partial charge in [0.2, 0.25) is 0 Å². The third-order valence-electron chi connectivity index (χ3n) is 5.29. The number of rotatable bonds is 4. The summed E-state index contributed by atoms with van der Waals surface area (Å²) in [6, 6.07) is 8.61. The summed E-state index contributed by atoms with van der Waals surface area (Å²) in [4.78, 5) is 12.6. The van der Waals surface area contributed by atoms with Gasteiger partial charge in [-0.15, -0.1) is 0 Å². The van der Waals surface area contributed by atoms with Crippen LogP contribution < -0.4 is 9.47 Å². The van der Waals surface area contributed by atoms with E-state index in [1.54, 1.807) is 6.07 Å². The van der Waals surface area contributed by atoms with Crippen LogP contribution in [0.3, 0.4) is 0 Å². The molecule has 172 valence electrons. The van der Waals surface area contributed by atoms with Gasteiger partial charge in [0.05, 0.1) is 5.56 Å². The highest BCUT2D eigenvalue weighted by Gasteiger charge is 2.35. The highest BCUT2D eigenvalue weighted by molar-refractivity contribution is 5.93. The maximum absolute atomic E-state index is 12.6. The summed E-state index contributed by atoms with van der Waals surface area (Å²) in [5.41, 5.74) is 0.691. The van der Waals surface area contributed by atoms with Crippen molar-refractivity contribution in [1.29, 1.82) is 0 Å². The molecule has 0 saturated carbocycles. The van der Waals surface area contributed by atoms with Crippen molar-refractivity contribution in [2.24, 2.45) is 0 Å². The number of hydrogen-bond acceptors (Lipinski definition) is 10. The van der Waals surface area contributed by atoms with Crippen LogP contribution >= 0.6 is 0 Å². The lowest BCUT2D eigenvalue weighted by molar-refractivity contribution is -0.0122. The van der Waals surface area contributed by atoms with Gasteiger partial charge in [-0.2, -0.15) is 0 Å². The first-order valence-electron chi connectivity index (χ1n) is 9.72. The third kappa shape index (κ3) is 4.11. The fourth-order valence-corrected chi connectivity index (χ4v) is 3.61. The van der Waals surface area contributed by atoms with Gasteiger partial charge in [0.25, 0.3) is 0 Å². The summed E-state index contributed by atoms with van der Waals surface area (Å²) >= 11 is 0. The number of fused-ring (bicyclic) bond motifs is 1. The molecule has 0 saturated heterocycles. The highest BCUT2D eigenvalue weighted by atomic mass is 16.6. The van der Waals surface area contributed by atoms with Crippen LogP contribution in [0, 0.1) is 0 Å². The Morgan fingerprint density at radius 1 is 0.909 bits per heavy atom. The number of carbonyl (C=O) groups excluding carboxylic acids is 1. The van der Waals surface area contributed by atoms with E-state index in [2.05, 4.69) is 0 Å². The largest absolute Gasteiger partial charge is 0.508 e. The molecule has 3 aromatic rings. The van der Waals surface area contributed by atoms with E-state index in [4.69, 9.17) is 14.2 Å². The number of esters is 1. The first-order chi connectivity index (χ1) is 15.7. The van der Waals surface area contributed by atoms with Gasteiger partial charge in [-0.1, -0.05) is 6.07 Å². The van der Waals surface area contributed by atoms with Crippen molar-refractivity contribution in [3.63, 3.8) is 0 Å². The standard InChI is InChI=1S/C23H20O10/c1-31-20-9-13-18(32-22(20)10-2-3-14(25)15(26)4-10)7-12(24)8-19(13)33-23(30)11-5-16(27)21(29)17(28)6-11/h2-8,20,22,24-29H,9H2,1H3. The first-order valence-corrected chi connectivity index (χ1v) is 9.72. The number of benzene rings is 3. The summed E-state index contributed by atoms with van der Waals surface area (Å²) in [6.45, 7) is 0. The second-order valence-corrected chi connectivity index (χ2v) is 7.44. The number of carbonyl (C=O) groups is 1. The number of methoxy groups -OCH3 is 1. The van der Waals surface area contributed by atoms with Crippen molar-refractivity contribution >= 4 is 5.97 Å². The molecule has 1 aliphatic rings. The van der Waals surface area contributed by atoms with Crippen molar-refractivity contribution in [1.82, 2.24) is 0 Å². The monoisotopic (exact) mass is 456 g/mol. The van der Waals surface area contributed by atoms with Crippen molar-refractivity contribution in [3.8, 4) is 46.0 Å². The van der Waals surface area contributed by atoms with E-state index < -0.39 is 35.4 Å². The number of hydrogen-bond donors (Lipinski definition) is 6. The molecule has 0 aliphatic carbocycles. The molecular weight excluding hydrogens is 436 g/mol. The van der Waals surface area contributed by atoms with Crippen molar-refractivity contribution in [2.75, 3.05) is 7.11 Å². The van der Waals surface area contributed by atoms with Crippen molar-refractivity contribution in [3.05, 3.63) is 59.2 Å². The maximum Gasteiger partial charge on any atom is 0.343 e.